The van der Waals surface area contributed by atoms with Gasteiger partial charge in [-0.3, -0.25) is 9.59 Å². The zero-order chi connectivity index (χ0) is 21.3. The number of nitrogens with one attached hydrogen (secondary N) is 2. The van der Waals surface area contributed by atoms with Crippen LogP contribution in [0.15, 0.2) is 48.5 Å². The first-order chi connectivity index (χ1) is 14.5. The highest BCUT2D eigenvalue weighted by Crippen LogP contribution is 2.35. The molecule has 0 spiro atoms. The zero-order valence-electron chi connectivity index (χ0n) is 16.9. The Hall–Kier alpha value is -3.81. The largest absolute Gasteiger partial charge is 0.497 e. The van der Waals surface area contributed by atoms with Crippen LogP contribution in [-0.2, 0) is 9.59 Å². The van der Waals surface area contributed by atoms with E-state index in [0.717, 1.165) is 16.9 Å². The molecule has 8 heteroatoms. The van der Waals surface area contributed by atoms with Crippen molar-refractivity contribution in [2.75, 3.05) is 24.9 Å². The zero-order valence-corrected chi connectivity index (χ0v) is 16.9. The quantitative estimate of drug-likeness (QED) is 0.677. The molecule has 2 heterocycles. The molecule has 1 atom stereocenters. The third-order valence-electron chi connectivity index (χ3n) is 5.10. The van der Waals surface area contributed by atoms with Crippen molar-refractivity contribution in [1.29, 1.82) is 0 Å². The Labute approximate surface area is 173 Å². The van der Waals surface area contributed by atoms with Crippen LogP contribution in [0.5, 0.6) is 11.5 Å². The average molecular weight is 406 g/mol. The van der Waals surface area contributed by atoms with Gasteiger partial charge < -0.3 is 20.1 Å². The number of anilines is 2. The van der Waals surface area contributed by atoms with Gasteiger partial charge in [0.05, 0.1) is 26.3 Å². The van der Waals surface area contributed by atoms with Gasteiger partial charge in [-0.05, 0) is 55.5 Å². The van der Waals surface area contributed by atoms with Gasteiger partial charge in [0.1, 0.15) is 23.4 Å². The number of carbonyl (C=O) groups is 2. The van der Waals surface area contributed by atoms with Crippen LogP contribution in [0.2, 0.25) is 0 Å². The van der Waals surface area contributed by atoms with Crippen molar-refractivity contribution in [3.8, 4) is 22.8 Å². The molecule has 4 rings (SSSR count). The molecule has 8 nitrogen and oxygen atoms in total. The number of carbonyl (C=O) groups excluding carboxylic acids is 2. The van der Waals surface area contributed by atoms with Gasteiger partial charge in [-0.25, -0.2) is 4.68 Å². The second kappa shape index (κ2) is 7.90. The van der Waals surface area contributed by atoms with Crippen LogP contribution in [0.4, 0.5) is 11.5 Å². The van der Waals surface area contributed by atoms with Crippen molar-refractivity contribution in [2.24, 2.45) is 0 Å². The Balaban J connectivity index is 1.65. The van der Waals surface area contributed by atoms with Crippen molar-refractivity contribution >= 4 is 23.3 Å². The lowest BCUT2D eigenvalue weighted by atomic mass is 10.1. The standard InChI is InChI=1S/C22H22N4O4/c1-13-20(14-4-8-16(29-2)9-5-14)25-26-18(12-19(27)24-21(13)26)22(28)23-15-6-10-17(30-3)11-7-15/h4-11,18H,12H2,1-3H3,(H,23,28)(H,24,27)/t18-/m0/s1. The van der Waals surface area contributed by atoms with Crippen molar-refractivity contribution in [1.82, 2.24) is 9.78 Å². The molecule has 0 bridgehead atoms. The molecule has 2 N–H and O–H groups in total. The van der Waals surface area contributed by atoms with E-state index in [1.54, 1.807) is 43.2 Å². The van der Waals surface area contributed by atoms with Crippen molar-refractivity contribution in [3.05, 3.63) is 54.1 Å². The van der Waals surface area contributed by atoms with Crippen molar-refractivity contribution < 1.29 is 19.1 Å². The summed E-state index contributed by atoms with van der Waals surface area (Å²) in [5.74, 6) is 1.44. The number of hydrogen-bond donors (Lipinski definition) is 2. The molecule has 0 radical (unpaired) electrons. The normalized spacial score (nSPS) is 15.2. The molecule has 2 aromatic carbocycles. The third-order valence-corrected chi connectivity index (χ3v) is 5.10. The first kappa shape index (κ1) is 19.5. The molecular weight excluding hydrogens is 384 g/mol. The van der Waals surface area contributed by atoms with E-state index in [2.05, 4.69) is 15.7 Å². The van der Waals surface area contributed by atoms with Gasteiger partial charge >= 0.3 is 0 Å². The van der Waals surface area contributed by atoms with E-state index in [-0.39, 0.29) is 18.2 Å². The van der Waals surface area contributed by atoms with Gasteiger partial charge in [0.2, 0.25) is 11.8 Å². The van der Waals surface area contributed by atoms with E-state index in [1.807, 2.05) is 31.2 Å². The molecule has 1 aliphatic rings. The molecule has 3 aromatic rings. The minimum absolute atomic E-state index is 0.0121. The molecule has 0 aliphatic carbocycles. The fraction of sp³-hybridized carbons (Fsp3) is 0.227. The van der Waals surface area contributed by atoms with E-state index in [1.165, 1.54) is 0 Å². The highest BCUT2D eigenvalue weighted by atomic mass is 16.5. The van der Waals surface area contributed by atoms with E-state index < -0.39 is 6.04 Å². The summed E-state index contributed by atoms with van der Waals surface area (Å²) in [5, 5.41) is 10.4. The summed E-state index contributed by atoms with van der Waals surface area (Å²) >= 11 is 0. The predicted octanol–water partition coefficient (Wildman–Crippen LogP) is 3.40. The molecule has 1 aliphatic heterocycles. The second-order valence-corrected chi connectivity index (χ2v) is 6.98. The van der Waals surface area contributed by atoms with Crippen LogP contribution in [0, 0.1) is 6.92 Å². The van der Waals surface area contributed by atoms with Crippen LogP contribution in [0.1, 0.15) is 18.0 Å². The molecule has 0 saturated heterocycles. The van der Waals surface area contributed by atoms with Crippen LogP contribution in [-0.4, -0.2) is 35.8 Å². The monoisotopic (exact) mass is 406 g/mol. The Morgan fingerprint density at radius 3 is 2.27 bits per heavy atom. The van der Waals surface area contributed by atoms with Gasteiger partial charge in [-0.15, -0.1) is 0 Å². The van der Waals surface area contributed by atoms with Crippen LogP contribution >= 0.6 is 0 Å². The molecular formula is C22H22N4O4. The summed E-state index contributed by atoms with van der Waals surface area (Å²) in [4.78, 5) is 25.3. The fourth-order valence-corrected chi connectivity index (χ4v) is 3.47. The minimum Gasteiger partial charge on any atom is -0.497 e. The molecule has 154 valence electrons. The molecule has 2 amide bonds. The summed E-state index contributed by atoms with van der Waals surface area (Å²) in [5.41, 5.74) is 3.00. The number of rotatable bonds is 5. The smallest absolute Gasteiger partial charge is 0.249 e. The first-order valence-electron chi connectivity index (χ1n) is 9.48. The van der Waals surface area contributed by atoms with Gasteiger partial charge in [-0.1, -0.05) is 0 Å². The van der Waals surface area contributed by atoms with Crippen molar-refractivity contribution in [3.63, 3.8) is 0 Å². The number of methoxy groups -OCH3 is 2. The van der Waals surface area contributed by atoms with E-state index in [0.29, 0.717) is 22.9 Å². The highest BCUT2D eigenvalue weighted by molar-refractivity contribution is 6.02. The topological polar surface area (TPSA) is 94.5 Å². The van der Waals surface area contributed by atoms with Crippen LogP contribution in [0.25, 0.3) is 11.3 Å². The van der Waals surface area contributed by atoms with Crippen molar-refractivity contribution in [2.45, 2.75) is 19.4 Å². The number of amides is 2. The van der Waals surface area contributed by atoms with E-state index in [4.69, 9.17) is 9.47 Å². The Bertz CT molecular complexity index is 1090. The predicted molar refractivity (Wildman–Crippen MR) is 113 cm³/mol. The minimum atomic E-state index is -0.749. The summed E-state index contributed by atoms with van der Waals surface area (Å²) in [6.45, 7) is 1.88. The summed E-state index contributed by atoms with van der Waals surface area (Å²) < 4.78 is 11.9. The number of ether oxygens (including phenoxy) is 2. The molecule has 0 fully saturated rings. The van der Waals surface area contributed by atoms with Crippen LogP contribution < -0.4 is 20.1 Å². The Morgan fingerprint density at radius 1 is 1.07 bits per heavy atom. The number of fused-ring (bicyclic) bond motifs is 1. The SMILES string of the molecule is COc1ccc(NC(=O)[C@@H]2CC(=O)Nc3c(C)c(-c4ccc(OC)cc4)nn32)cc1. The van der Waals surface area contributed by atoms with Gasteiger partial charge in [0.15, 0.2) is 0 Å². The lowest BCUT2D eigenvalue weighted by molar-refractivity contribution is -0.125. The lowest BCUT2D eigenvalue weighted by Crippen LogP contribution is -2.35. The Morgan fingerprint density at radius 2 is 1.67 bits per heavy atom. The van der Waals surface area contributed by atoms with Crippen LogP contribution in [0.3, 0.4) is 0 Å². The third kappa shape index (κ3) is 3.59. The van der Waals surface area contributed by atoms with Gasteiger partial charge in [0, 0.05) is 16.8 Å². The maximum Gasteiger partial charge on any atom is 0.249 e. The number of hydrogen-bond acceptors (Lipinski definition) is 5. The number of aromatic nitrogens is 2. The second-order valence-electron chi connectivity index (χ2n) is 6.98. The van der Waals surface area contributed by atoms with E-state index >= 15 is 0 Å². The Kier molecular flexibility index (Phi) is 5.14. The number of nitrogens with zero attached hydrogens (tertiary/aromatic N) is 2. The van der Waals surface area contributed by atoms with E-state index in [9.17, 15) is 9.59 Å². The fourth-order valence-electron chi connectivity index (χ4n) is 3.47. The average Bonchev–Trinajstić information content (AvgIpc) is 3.10. The lowest BCUT2D eigenvalue weighted by Gasteiger charge is -2.24. The maximum atomic E-state index is 13.0. The molecule has 0 saturated carbocycles. The first-order valence-corrected chi connectivity index (χ1v) is 9.48. The summed E-state index contributed by atoms with van der Waals surface area (Å²) in [6, 6.07) is 13.8. The highest BCUT2D eigenvalue weighted by Gasteiger charge is 2.34. The summed E-state index contributed by atoms with van der Waals surface area (Å²) in [6.07, 6.45) is 0.0121. The van der Waals surface area contributed by atoms with Gasteiger partial charge in [0.25, 0.3) is 0 Å². The molecule has 1 aromatic heterocycles. The molecule has 30 heavy (non-hydrogen) atoms. The number of benzene rings is 2. The maximum absolute atomic E-state index is 13.0. The summed E-state index contributed by atoms with van der Waals surface area (Å²) in [7, 11) is 3.19. The molecule has 0 unspecified atom stereocenters. The van der Waals surface area contributed by atoms with Gasteiger partial charge in [-0.2, -0.15) is 5.10 Å².